The molecule has 2 aliphatic heterocycles. The largest absolute Gasteiger partial charge is 0.493 e. The lowest BCUT2D eigenvalue weighted by Crippen LogP contribution is -2.40. The Morgan fingerprint density at radius 1 is 1.11 bits per heavy atom. The summed E-state index contributed by atoms with van der Waals surface area (Å²) in [5.41, 5.74) is 3.61. The van der Waals surface area contributed by atoms with Gasteiger partial charge in [-0.05, 0) is 41.7 Å². The number of ether oxygens (including phenoxy) is 2. The van der Waals surface area contributed by atoms with Crippen molar-refractivity contribution in [3.05, 3.63) is 41.2 Å². The molecule has 1 aromatic heterocycles. The van der Waals surface area contributed by atoms with E-state index in [0.717, 1.165) is 56.1 Å². The first-order valence-electron chi connectivity index (χ1n) is 9.82. The molecule has 3 heterocycles. The average Bonchev–Trinajstić information content (AvgIpc) is 3.31. The van der Waals surface area contributed by atoms with E-state index in [9.17, 15) is 4.79 Å². The van der Waals surface area contributed by atoms with Crippen LogP contribution in [0.3, 0.4) is 0 Å². The molecule has 0 spiro atoms. The number of carbonyl (C=O) groups excluding carboxylic acids is 1. The zero-order valence-corrected chi connectivity index (χ0v) is 16.8. The minimum absolute atomic E-state index is 0.0329. The first-order valence-corrected chi connectivity index (χ1v) is 9.82. The van der Waals surface area contributed by atoms with E-state index in [0.29, 0.717) is 0 Å². The predicted octanol–water partition coefficient (Wildman–Crippen LogP) is 1.37. The van der Waals surface area contributed by atoms with Crippen molar-refractivity contribution in [2.75, 3.05) is 40.4 Å². The van der Waals surface area contributed by atoms with E-state index >= 15 is 0 Å². The Morgan fingerprint density at radius 3 is 2.29 bits per heavy atom. The number of aryl methyl sites for hydroxylation is 1. The second-order valence-corrected chi connectivity index (χ2v) is 7.62. The molecule has 150 valence electrons. The molecule has 0 bridgehead atoms. The number of aromatic nitrogens is 2. The molecule has 0 aliphatic carbocycles. The molecule has 2 aromatic rings. The van der Waals surface area contributed by atoms with Crippen molar-refractivity contribution in [2.45, 2.75) is 18.8 Å². The highest BCUT2D eigenvalue weighted by molar-refractivity contribution is 5.81. The summed E-state index contributed by atoms with van der Waals surface area (Å²) in [5.74, 6) is 1.89. The van der Waals surface area contributed by atoms with Crippen LogP contribution in [0.4, 0.5) is 0 Å². The summed E-state index contributed by atoms with van der Waals surface area (Å²) in [6.45, 7) is 3.02. The summed E-state index contributed by atoms with van der Waals surface area (Å²) in [6.07, 6.45) is 5.57. The molecule has 1 fully saturated rings. The zero-order chi connectivity index (χ0) is 19.7. The predicted molar refractivity (Wildman–Crippen MR) is 106 cm³/mol. The van der Waals surface area contributed by atoms with Crippen molar-refractivity contribution in [3.8, 4) is 11.5 Å². The van der Waals surface area contributed by atoms with Crippen LogP contribution in [-0.2, 0) is 24.7 Å². The van der Waals surface area contributed by atoms with Gasteiger partial charge in [0.15, 0.2) is 11.5 Å². The second kappa shape index (κ2) is 7.83. The van der Waals surface area contributed by atoms with Crippen LogP contribution in [0.2, 0.25) is 0 Å². The molecule has 0 unspecified atom stereocenters. The Hall–Kier alpha value is -2.54. The van der Waals surface area contributed by atoms with E-state index < -0.39 is 0 Å². The highest BCUT2D eigenvalue weighted by Crippen LogP contribution is 2.33. The van der Waals surface area contributed by atoms with E-state index in [2.05, 4.69) is 22.5 Å². The molecule has 28 heavy (non-hydrogen) atoms. The highest BCUT2D eigenvalue weighted by Gasteiger charge is 2.37. The van der Waals surface area contributed by atoms with Crippen LogP contribution in [0.1, 0.15) is 22.6 Å². The summed E-state index contributed by atoms with van der Waals surface area (Å²) < 4.78 is 12.7. The highest BCUT2D eigenvalue weighted by atomic mass is 16.5. The summed E-state index contributed by atoms with van der Waals surface area (Å²) in [6, 6.07) is 4.11. The van der Waals surface area contributed by atoms with Crippen LogP contribution in [0.25, 0.3) is 0 Å². The standard InChI is InChI=1S/C21H28N4O3/c1-24-13-16(10-23-24)17-11-22-12-18(17)21(26)25-6-4-14-8-19(27-2)20(28-3)9-15(14)5-7-25/h8-10,13,17-18,22H,4-7,11-12H2,1-3H3/t17-,18+/m1/s1. The fraction of sp³-hybridized carbons (Fsp3) is 0.524. The molecule has 2 aliphatic rings. The van der Waals surface area contributed by atoms with Crippen LogP contribution in [-0.4, -0.2) is 61.0 Å². The van der Waals surface area contributed by atoms with Crippen LogP contribution < -0.4 is 14.8 Å². The van der Waals surface area contributed by atoms with Crippen LogP contribution in [0.15, 0.2) is 24.5 Å². The number of nitrogens with one attached hydrogen (secondary N) is 1. The molecular weight excluding hydrogens is 356 g/mol. The maximum atomic E-state index is 13.4. The molecule has 1 saturated heterocycles. The molecule has 0 radical (unpaired) electrons. The third kappa shape index (κ3) is 3.46. The van der Waals surface area contributed by atoms with Crippen molar-refractivity contribution in [2.24, 2.45) is 13.0 Å². The fourth-order valence-electron chi connectivity index (χ4n) is 4.43. The number of nitrogens with zero attached hydrogens (tertiary/aromatic N) is 3. The van der Waals surface area contributed by atoms with Gasteiger partial charge in [-0.2, -0.15) is 5.10 Å². The quantitative estimate of drug-likeness (QED) is 0.862. The molecule has 7 nitrogen and oxygen atoms in total. The van der Waals surface area contributed by atoms with Gasteiger partial charge in [0, 0.05) is 45.3 Å². The maximum Gasteiger partial charge on any atom is 0.227 e. The number of hydrogen-bond acceptors (Lipinski definition) is 5. The lowest BCUT2D eigenvalue weighted by atomic mass is 9.89. The van der Waals surface area contributed by atoms with E-state index in [1.54, 1.807) is 18.9 Å². The molecule has 2 atom stereocenters. The summed E-state index contributed by atoms with van der Waals surface area (Å²) in [5, 5.41) is 7.68. The number of methoxy groups -OCH3 is 2. The Morgan fingerprint density at radius 2 is 1.75 bits per heavy atom. The number of fused-ring (bicyclic) bond motifs is 1. The van der Waals surface area contributed by atoms with Crippen molar-refractivity contribution in [1.29, 1.82) is 0 Å². The van der Waals surface area contributed by atoms with Crippen LogP contribution in [0, 0.1) is 5.92 Å². The lowest BCUT2D eigenvalue weighted by molar-refractivity contribution is -0.135. The van der Waals surface area contributed by atoms with Gasteiger partial charge in [-0.15, -0.1) is 0 Å². The Bertz CT molecular complexity index is 828. The fourth-order valence-corrected chi connectivity index (χ4v) is 4.43. The van der Waals surface area contributed by atoms with Crippen molar-refractivity contribution in [3.63, 3.8) is 0 Å². The molecule has 1 N–H and O–H groups in total. The van der Waals surface area contributed by atoms with Gasteiger partial charge in [0.2, 0.25) is 5.91 Å². The van der Waals surface area contributed by atoms with E-state index in [-0.39, 0.29) is 17.7 Å². The second-order valence-electron chi connectivity index (χ2n) is 7.62. The summed E-state index contributed by atoms with van der Waals surface area (Å²) >= 11 is 0. The van der Waals surface area contributed by atoms with Crippen molar-refractivity contribution in [1.82, 2.24) is 20.0 Å². The number of hydrogen-bond donors (Lipinski definition) is 1. The maximum absolute atomic E-state index is 13.4. The van der Waals surface area contributed by atoms with E-state index in [1.807, 2.05) is 24.3 Å². The smallest absolute Gasteiger partial charge is 0.227 e. The minimum atomic E-state index is -0.0329. The molecular formula is C21H28N4O3. The first-order chi connectivity index (χ1) is 13.6. The normalized spacial score (nSPS) is 21.9. The molecule has 1 amide bonds. The van der Waals surface area contributed by atoms with Crippen LogP contribution >= 0.6 is 0 Å². The topological polar surface area (TPSA) is 68.6 Å². The zero-order valence-electron chi connectivity index (χ0n) is 16.8. The van der Waals surface area contributed by atoms with Gasteiger partial charge in [-0.1, -0.05) is 0 Å². The van der Waals surface area contributed by atoms with Gasteiger partial charge >= 0.3 is 0 Å². The monoisotopic (exact) mass is 384 g/mol. The van der Waals surface area contributed by atoms with Gasteiger partial charge in [0.05, 0.1) is 26.3 Å². The molecule has 7 heteroatoms. The van der Waals surface area contributed by atoms with Gasteiger partial charge in [0.1, 0.15) is 0 Å². The average molecular weight is 384 g/mol. The number of carbonyl (C=O) groups is 1. The van der Waals surface area contributed by atoms with Crippen molar-refractivity contribution < 1.29 is 14.3 Å². The number of amides is 1. The van der Waals surface area contributed by atoms with Gasteiger partial charge in [0.25, 0.3) is 0 Å². The van der Waals surface area contributed by atoms with Gasteiger partial charge in [-0.3, -0.25) is 9.48 Å². The molecule has 4 rings (SSSR count). The third-order valence-corrected chi connectivity index (χ3v) is 6.00. The lowest BCUT2D eigenvalue weighted by Gasteiger charge is -2.26. The third-order valence-electron chi connectivity index (χ3n) is 6.00. The van der Waals surface area contributed by atoms with Gasteiger partial charge < -0.3 is 19.7 Å². The molecule has 0 saturated carbocycles. The Kier molecular flexibility index (Phi) is 5.26. The SMILES string of the molecule is COc1cc2c(cc1OC)CCN(C(=O)[C@H]1CNC[C@@H]1c1cnn(C)c1)CC2. The summed E-state index contributed by atoms with van der Waals surface area (Å²) in [4.78, 5) is 15.4. The summed E-state index contributed by atoms with van der Waals surface area (Å²) in [7, 11) is 5.22. The Labute approximate surface area is 165 Å². The van der Waals surface area contributed by atoms with Crippen molar-refractivity contribution >= 4 is 5.91 Å². The van der Waals surface area contributed by atoms with E-state index in [1.165, 1.54) is 11.1 Å². The minimum Gasteiger partial charge on any atom is -0.493 e. The number of rotatable bonds is 4. The van der Waals surface area contributed by atoms with Gasteiger partial charge in [-0.25, -0.2) is 0 Å². The first kappa shape index (κ1) is 18.8. The molecule has 1 aromatic carbocycles. The number of benzene rings is 1. The van der Waals surface area contributed by atoms with Crippen LogP contribution in [0.5, 0.6) is 11.5 Å². The van der Waals surface area contributed by atoms with E-state index in [4.69, 9.17) is 9.47 Å². The Balaban J connectivity index is 1.50.